The molecule has 2 saturated heterocycles. The molecule has 6 nitrogen and oxygen atoms in total. The highest BCUT2D eigenvalue weighted by Gasteiger charge is 2.50. The van der Waals surface area contributed by atoms with E-state index in [2.05, 4.69) is 24.9 Å². The molecule has 1 aromatic rings. The molecule has 2 aliphatic heterocycles. The van der Waals surface area contributed by atoms with Crippen LogP contribution < -0.4 is 11.1 Å². The van der Waals surface area contributed by atoms with E-state index in [-0.39, 0.29) is 24.4 Å². The van der Waals surface area contributed by atoms with Crippen LogP contribution in [0.3, 0.4) is 0 Å². The third-order valence-corrected chi connectivity index (χ3v) is 4.19. The highest BCUT2D eigenvalue weighted by Crippen LogP contribution is 2.27. The summed E-state index contributed by atoms with van der Waals surface area (Å²) < 4.78 is 16.6. The van der Waals surface area contributed by atoms with Crippen molar-refractivity contribution >= 4 is 11.8 Å². The summed E-state index contributed by atoms with van der Waals surface area (Å²) in [5.74, 6) is 0.462. The van der Waals surface area contributed by atoms with Gasteiger partial charge in [-0.1, -0.05) is 26.0 Å². The largest absolute Gasteiger partial charge is 0.441 e. The van der Waals surface area contributed by atoms with Crippen LogP contribution in [0.5, 0.6) is 0 Å². The van der Waals surface area contributed by atoms with E-state index in [0.29, 0.717) is 24.8 Å². The van der Waals surface area contributed by atoms with Gasteiger partial charge < -0.3 is 19.9 Å². The number of quaternary nitrogens is 1. The number of ether oxygens (including phenoxy) is 3. The maximum Gasteiger partial charge on any atom is 0.412 e. The SMILES string of the molecule is CC(C)c1ccc(NC(=O)O[C@@H]2CO[C@H]3[C@@H]2OC[C@@H]3[NH3+])cc1. The number of hydrogen-bond acceptors (Lipinski definition) is 4. The van der Waals surface area contributed by atoms with Crippen LogP contribution in [-0.2, 0) is 14.2 Å². The summed E-state index contributed by atoms with van der Waals surface area (Å²) in [5, 5.41) is 2.74. The summed E-state index contributed by atoms with van der Waals surface area (Å²) in [4.78, 5) is 12.0. The van der Waals surface area contributed by atoms with Crippen molar-refractivity contribution in [2.75, 3.05) is 18.5 Å². The van der Waals surface area contributed by atoms with E-state index in [0.717, 1.165) is 0 Å². The number of amides is 1. The van der Waals surface area contributed by atoms with Gasteiger partial charge in [0.25, 0.3) is 0 Å². The second kappa shape index (κ2) is 6.24. The molecule has 4 atom stereocenters. The predicted molar refractivity (Wildman–Crippen MR) is 80.6 cm³/mol. The second-order valence-corrected chi connectivity index (χ2v) is 6.20. The van der Waals surface area contributed by atoms with Crippen LogP contribution in [-0.4, -0.2) is 43.7 Å². The summed E-state index contributed by atoms with van der Waals surface area (Å²) >= 11 is 0. The molecule has 4 N–H and O–H groups in total. The molecule has 1 aromatic carbocycles. The van der Waals surface area contributed by atoms with Crippen LogP contribution in [0, 0.1) is 0 Å². The Bertz CT molecular complexity index is 531. The van der Waals surface area contributed by atoms with Gasteiger partial charge >= 0.3 is 6.09 Å². The number of carbonyl (C=O) groups excluding carboxylic acids is 1. The van der Waals surface area contributed by atoms with E-state index in [1.54, 1.807) is 0 Å². The normalized spacial score (nSPS) is 30.4. The Morgan fingerprint density at radius 3 is 2.59 bits per heavy atom. The molecule has 0 aromatic heterocycles. The number of benzene rings is 1. The molecule has 0 saturated carbocycles. The minimum Gasteiger partial charge on any atom is -0.441 e. The number of hydrogen-bond donors (Lipinski definition) is 2. The molecule has 2 heterocycles. The van der Waals surface area contributed by atoms with E-state index in [9.17, 15) is 4.79 Å². The van der Waals surface area contributed by atoms with E-state index >= 15 is 0 Å². The molecular formula is C16H23N2O4+. The Kier molecular flexibility index (Phi) is 4.33. The molecule has 0 unspecified atom stereocenters. The smallest absolute Gasteiger partial charge is 0.412 e. The first-order chi connectivity index (χ1) is 10.5. The lowest BCUT2D eigenvalue weighted by atomic mass is 10.0. The third kappa shape index (κ3) is 3.09. The van der Waals surface area contributed by atoms with Gasteiger partial charge in [0.05, 0.1) is 6.61 Å². The van der Waals surface area contributed by atoms with Crippen LogP contribution in [0.15, 0.2) is 24.3 Å². The lowest BCUT2D eigenvalue weighted by Crippen LogP contribution is -2.66. The standard InChI is InChI=1S/C16H22N2O4/c1-9(2)10-3-5-11(6-4-10)18-16(19)22-13-8-21-14-12(17)7-20-15(13)14/h3-6,9,12-15H,7-8,17H2,1-2H3,(H,18,19)/p+1/t12-,13+,14+,15+/m0/s1. The Hall–Kier alpha value is -1.63. The van der Waals surface area contributed by atoms with Crippen LogP contribution in [0.1, 0.15) is 25.3 Å². The molecule has 0 spiro atoms. The molecule has 0 bridgehead atoms. The lowest BCUT2D eigenvalue weighted by Gasteiger charge is -2.16. The van der Waals surface area contributed by atoms with Gasteiger partial charge in [-0.15, -0.1) is 0 Å². The minimum atomic E-state index is -0.484. The van der Waals surface area contributed by atoms with E-state index in [1.807, 2.05) is 24.3 Å². The zero-order valence-corrected chi connectivity index (χ0v) is 13.0. The molecule has 6 heteroatoms. The van der Waals surface area contributed by atoms with Gasteiger partial charge in [0, 0.05) is 5.69 Å². The van der Waals surface area contributed by atoms with Crippen LogP contribution in [0.25, 0.3) is 0 Å². The van der Waals surface area contributed by atoms with Crippen molar-refractivity contribution in [3.63, 3.8) is 0 Å². The molecule has 3 rings (SSSR count). The average Bonchev–Trinajstić information content (AvgIpc) is 3.04. The van der Waals surface area contributed by atoms with E-state index in [1.165, 1.54) is 5.56 Å². The maximum atomic E-state index is 12.0. The molecule has 120 valence electrons. The van der Waals surface area contributed by atoms with Gasteiger partial charge in [0.1, 0.15) is 24.9 Å². The fourth-order valence-corrected chi connectivity index (χ4v) is 2.88. The predicted octanol–water partition coefficient (Wildman–Crippen LogP) is 1.14. The second-order valence-electron chi connectivity index (χ2n) is 6.20. The van der Waals surface area contributed by atoms with Gasteiger partial charge in [-0.05, 0) is 23.6 Å². The fourth-order valence-electron chi connectivity index (χ4n) is 2.88. The first-order valence-corrected chi connectivity index (χ1v) is 7.68. The molecular weight excluding hydrogens is 284 g/mol. The zero-order valence-electron chi connectivity index (χ0n) is 13.0. The van der Waals surface area contributed by atoms with Crippen molar-refractivity contribution in [3.8, 4) is 0 Å². The fraction of sp³-hybridized carbons (Fsp3) is 0.562. The van der Waals surface area contributed by atoms with Gasteiger partial charge in [-0.2, -0.15) is 0 Å². The first-order valence-electron chi connectivity index (χ1n) is 7.68. The summed E-state index contributed by atoms with van der Waals surface area (Å²) in [6.07, 6.45) is -1.12. The van der Waals surface area contributed by atoms with Crippen molar-refractivity contribution in [1.82, 2.24) is 0 Å². The van der Waals surface area contributed by atoms with Gasteiger partial charge in [-0.3, -0.25) is 5.32 Å². The highest BCUT2D eigenvalue weighted by molar-refractivity contribution is 5.84. The van der Waals surface area contributed by atoms with Gasteiger partial charge in [0.15, 0.2) is 6.10 Å². The van der Waals surface area contributed by atoms with Crippen LogP contribution in [0.4, 0.5) is 10.5 Å². The van der Waals surface area contributed by atoms with Crippen molar-refractivity contribution in [1.29, 1.82) is 0 Å². The quantitative estimate of drug-likeness (QED) is 0.877. The molecule has 22 heavy (non-hydrogen) atoms. The lowest BCUT2D eigenvalue weighted by molar-refractivity contribution is -0.430. The summed E-state index contributed by atoms with van der Waals surface area (Å²) in [5.41, 5.74) is 5.92. The monoisotopic (exact) mass is 307 g/mol. The maximum absolute atomic E-state index is 12.0. The summed E-state index contributed by atoms with van der Waals surface area (Å²) in [7, 11) is 0. The highest BCUT2D eigenvalue weighted by atomic mass is 16.6. The number of carbonyl (C=O) groups is 1. The molecule has 2 aliphatic rings. The number of anilines is 1. The Balaban J connectivity index is 1.54. The zero-order chi connectivity index (χ0) is 15.7. The van der Waals surface area contributed by atoms with Gasteiger partial charge in [0.2, 0.25) is 0 Å². The summed E-state index contributed by atoms with van der Waals surface area (Å²) in [6, 6.07) is 7.86. The van der Waals surface area contributed by atoms with Gasteiger partial charge in [-0.25, -0.2) is 4.79 Å². The van der Waals surface area contributed by atoms with Crippen molar-refractivity contribution < 1.29 is 24.7 Å². The number of fused-ring (bicyclic) bond motifs is 1. The van der Waals surface area contributed by atoms with Crippen molar-refractivity contribution in [2.24, 2.45) is 0 Å². The Labute approximate surface area is 129 Å². The molecule has 2 fully saturated rings. The number of rotatable bonds is 3. The van der Waals surface area contributed by atoms with E-state index in [4.69, 9.17) is 14.2 Å². The van der Waals surface area contributed by atoms with Crippen LogP contribution in [0.2, 0.25) is 0 Å². The molecule has 0 aliphatic carbocycles. The third-order valence-electron chi connectivity index (χ3n) is 4.19. The van der Waals surface area contributed by atoms with E-state index < -0.39 is 6.09 Å². The Morgan fingerprint density at radius 2 is 1.91 bits per heavy atom. The first kappa shape index (κ1) is 15.3. The molecule has 1 amide bonds. The topological polar surface area (TPSA) is 84.4 Å². The van der Waals surface area contributed by atoms with Crippen molar-refractivity contribution in [2.45, 2.75) is 44.1 Å². The van der Waals surface area contributed by atoms with Crippen LogP contribution >= 0.6 is 0 Å². The minimum absolute atomic E-state index is 0.0666. The van der Waals surface area contributed by atoms with Crippen molar-refractivity contribution in [3.05, 3.63) is 29.8 Å². The average molecular weight is 307 g/mol. The molecule has 0 radical (unpaired) electrons. The number of nitrogens with one attached hydrogen (secondary N) is 1. The Morgan fingerprint density at radius 1 is 1.23 bits per heavy atom. The summed E-state index contributed by atoms with van der Waals surface area (Å²) in [6.45, 7) is 5.17.